The highest BCUT2D eigenvalue weighted by atomic mass is 16.3. The van der Waals surface area contributed by atoms with E-state index in [0.717, 1.165) is 18.4 Å². The maximum Gasteiger partial charge on any atom is 0.0747 e. The highest BCUT2D eigenvalue weighted by Gasteiger charge is 2.09. The van der Waals surface area contributed by atoms with Crippen LogP contribution in [0, 0.1) is 0 Å². The van der Waals surface area contributed by atoms with Gasteiger partial charge in [0.1, 0.15) is 0 Å². The quantitative estimate of drug-likeness (QED) is 0.532. The lowest BCUT2D eigenvalue weighted by Gasteiger charge is -2.10. The molecule has 0 heterocycles. The molecule has 11 heavy (non-hydrogen) atoms. The van der Waals surface area contributed by atoms with Gasteiger partial charge in [0, 0.05) is 0 Å². The Balaban J connectivity index is 2.35. The van der Waals surface area contributed by atoms with Gasteiger partial charge in [0.25, 0.3) is 0 Å². The van der Waals surface area contributed by atoms with Gasteiger partial charge in [-0.15, -0.1) is 0 Å². The number of hydrogen-bond acceptors (Lipinski definition) is 1. The van der Waals surface area contributed by atoms with Gasteiger partial charge in [-0.05, 0) is 24.8 Å². The second-order valence-electron chi connectivity index (χ2n) is 3.48. The minimum absolute atomic E-state index is 0.215. The van der Waals surface area contributed by atoms with Gasteiger partial charge in [0.15, 0.2) is 0 Å². The molecule has 1 atom stereocenters. The fraction of sp³-hybridized carbons (Fsp3) is 0.800. The first-order valence-corrected chi connectivity index (χ1v) is 4.66. The monoisotopic (exact) mass is 154 g/mol. The normalized spacial score (nSPS) is 28.8. The molecule has 1 N–H and O–H groups in total. The van der Waals surface area contributed by atoms with E-state index in [-0.39, 0.29) is 6.10 Å². The molecule has 1 rings (SSSR count). The van der Waals surface area contributed by atoms with Gasteiger partial charge in [-0.25, -0.2) is 0 Å². The summed E-state index contributed by atoms with van der Waals surface area (Å²) in [6.45, 7) is 3.89. The topological polar surface area (TPSA) is 20.2 Å². The third-order valence-electron chi connectivity index (χ3n) is 2.45. The van der Waals surface area contributed by atoms with E-state index in [1.165, 1.54) is 32.1 Å². The number of hydrogen-bond donors (Lipinski definition) is 1. The van der Waals surface area contributed by atoms with E-state index < -0.39 is 0 Å². The average Bonchev–Trinajstić information content (AvgIpc) is 2.07. The van der Waals surface area contributed by atoms with E-state index >= 15 is 0 Å². The van der Waals surface area contributed by atoms with Crippen LogP contribution in [-0.4, -0.2) is 11.2 Å². The van der Waals surface area contributed by atoms with Crippen molar-refractivity contribution in [1.82, 2.24) is 0 Å². The molecule has 0 amide bonds. The van der Waals surface area contributed by atoms with E-state index in [1.54, 1.807) is 0 Å². The third kappa shape index (κ3) is 3.06. The Bertz CT molecular complexity index is 129. The summed E-state index contributed by atoms with van der Waals surface area (Å²) in [6.07, 6.45) is 8.06. The highest BCUT2D eigenvalue weighted by Crippen LogP contribution is 2.19. The average molecular weight is 154 g/mol. The summed E-state index contributed by atoms with van der Waals surface area (Å²) < 4.78 is 0. The largest absolute Gasteiger partial charge is 0.389 e. The summed E-state index contributed by atoms with van der Waals surface area (Å²) in [5.41, 5.74) is 1.05. The van der Waals surface area contributed by atoms with Crippen molar-refractivity contribution >= 4 is 0 Å². The van der Waals surface area contributed by atoms with E-state index in [2.05, 4.69) is 6.58 Å². The number of aliphatic hydroxyl groups is 1. The van der Waals surface area contributed by atoms with Crippen molar-refractivity contribution < 1.29 is 5.11 Å². The van der Waals surface area contributed by atoms with Crippen molar-refractivity contribution in [2.75, 3.05) is 0 Å². The molecule has 0 aliphatic heterocycles. The Morgan fingerprint density at radius 3 is 2.55 bits per heavy atom. The summed E-state index contributed by atoms with van der Waals surface area (Å²) in [4.78, 5) is 0. The SMILES string of the molecule is C=C1CCCCCCCC1O. The van der Waals surface area contributed by atoms with Crippen LogP contribution in [0.2, 0.25) is 0 Å². The molecule has 1 nitrogen and oxygen atoms in total. The van der Waals surface area contributed by atoms with Crippen molar-refractivity contribution in [3.8, 4) is 0 Å². The van der Waals surface area contributed by atoms with Crippen LogP contribution in [0.3, 0.4) is 0 Å². The smallest absolute Gasteiger partial charge is 0.0747 e. The maximum atomic E-state index is 9.51. The lowest BCUT2D eigenvalue weighted by Crippen LogP contribution is -2.08. The molecule has 1 fully saturated rings. The standard InChI is InChI=1S/C10H18O/c1-9-7-5-3-2-4-6-8-10(9)11/h10-11H,1-8H2. The molecule has 0 aromatic heterocycles. The lowest BCUT2D eigenvalue weighted by molar-refractivity contribution is 0.194. The van der Waals surface area contributed by atoms with E-state index in [1.807, 2.05) is 0 Å². The van der Waals surface area contributed by atoms with Gasteiger partial charge in [-0.2, -0.15) is 0 Å². The zero-order chi connectivity index (χ0) is 8.10. The number of rotatable bonds is 0. The summed E-state index contributed by atoms with van der Waals surface area (Å²) in [5, 5.41) is 9.51. The molecule has 1 saturated carbocycles. The van der Waals surface area contributed by atoms with Gasteiger partial charge in [-0.1, -0.05) is 32.3 Å². The van der Waals surface area contributed by atoms with Gasteiger partial charge in [0.2, 0.25) is 0 Å². The van der Waals surface area contributed by atoms with Crippen LogP contribution in [0.5, 0.6) is 0 Å². The van der Waals surface area contributed by atoms with Gasteiger partial charge >= 0.3 is 0 Å². The van der Waals surface area contributed by atoms with Crippen molar-refractivity contribution in [2.45, 2.75) is 51.0 Å². The maximum absolute atomic E-state index is 9.51. The molecule has 1 heteroatoms. The van der Waals surface area contributed by atoms with Crippen LogP contribution in [0.25, 0.3) is 0 Å². The molecule has 0 saturated heterocycles. The molecule has 0 bridgehead atoms. The van der Waals surface area contributed by atoms with Crippen LogP contribution < -0.4 is 0 Å². The summed E-state index contributed by atoms with van der Waals surface area (Å²) in [5.74, 6) is 0. The van der Waals surface area contributed by atoms with Gasteiger partial charge in [-0.3, -0.25) is 0 Å². The molecule has 0 aromatic carbocycles. The van der Waals surface area contributed by atoms with E-state index in [9.17, 15) is 5.11 Å². The van der Waals surface area contributed by atoms with E-state index in [4.69, 9.17) is 0 Å². The number of aliphatic hydroxyl groups excluding tert-OH is 1. The molecule has 1 aliphatic rings. The summed E-state index contributed by atoms with van der Waals surface area (Å²) in [6, 6.07) is 0. The van der Waals surface area contributed by atoms with Crippen LogP contribution in [-0.2, 0) is 0 Å². The van der Waals surface area contributed by atoms with Gasteiger partial charge < -0.3 is 5.11 Å². The molecule has 1 unspecified atom stereocenters. The van der Waals surface area contributed by atoms with Gasteiger partial charge in [0.05, 0.1) is 6.10 Å². The fourth-order valence-corrected chi connectivity index (χ4v) is 1.59. The zero-order valence-corrected chi connectivity index (χ0v) is 7.18. The lowest BCUT2D eigenvalue weighted by atomic mass is 10.0. The molecule has 64 valence electrons. The van der Waals surface area contributed by atoms with Crippen molar-refractivity contribution in [3.63, 3.8) is 0 Å². The second-order valence-corrected chi connectivity index (χ2v) is 3.48. The molecule has 0 radical (unpaired) electrons. The predicted molar refractivity (Wildman–Crippen MR) is 47.5 cm³/mol. The Hall–Kier alpha value is -0.300. The highest BCUT2D eigenvalue weighted by molar-refractivity contribution is 5.01. The molecule has 1 aliphatic carbocycles. The first kappa shape index (κ1) is 8.79. The van der Waals surface area contributed by atoms with Crippen molar-refractivity contribution in [2.24, 2.45) is 0 Å². The van der Waals surface area contributed by atoms with Crippen LogP contribution in [0.1, 0.15) is 44.9 Å². The Morgan fingerprint density at radius 2 is 1.73 bits per heavy atom. The van der Waals surface area contributed by atoms with Crippen LogP contribution in [0.15, 0.2) is 12.2 Å². The second kappa shape index (κ2) is 4.55. The summed E-state index contributed by atoms with van der Waals surface area (Å²) >= 11 is 0. The minimum Gasteiger partial charge on any atom is -0.389 e. The first-order valence-electron chi connectivity index (χ1n) is 4.66. The third-order valence-corrected chi connectivity index (χ3v) is 2.45. The fourth-order valence-electron chi connectivity index (χ4n) is 1.59. The summed E-state index contributed by atoms with van der Waals surface area (Å²) in [7, 11) is 0. The Morgan fingerprint density at radius 1 is 1.09 bits per heavy atom. The van der Waals surface area contributed by atoms with Crippen molar-refractivity contribution in [1.29, 1.82) is 0 Å². The molecule has 0 aromatic rings. The zero-order valence-electron chi connectivity index (χ0n) is 7.18. The predicted octanol–water partition coefficient (Wildman–Crippen LogP) is 2.65. The molecule has 0 spiro atoms. The van der Waals surface area contributed by atoms with Crippen molar-refractivity contribution in [3.05, 3.63) is 12.2 Å². The van der Waals surface area contributed by atoms with Crippen LogP contribution >= 0.6 is 0 Å². The molecular formula is C10H18O. The minimum atomic E-state index is -0.215. The first-order chi connectivity index (χ1) is 5.30. The Kier molecular flexibility index (Phi) is 3.64. The Labute approximate surface area is 69.1 Å². The van der Waals surface area contributed by atoms with E-state index in [0.29, 0.717) is 0 Å². The molecular weight excluding hydrogens is 136 g/mol. The van der Waals surface area contributed by atoms with Crippen LogP contribution in [0.4, 0.5) is 0 Å².